The van der Waals surface area contributed by atoms with Gasteiger partial charge >= 0.3 is 5.97 Å². The van der Waals surface area contributed by atoms with E-state index < -0.39 is 11.5 Å². The van der Waals surface area contributed by atoms with Gasteiger partial charge in [0.25, 0.3) is 5.56 Å². The SMILES string of the molecule is CCOC(=O)c1cc(=O)n2nc(N3CCc4nc(Br)sc4C3)c(C)cc2n1. The Hall–Kier alpha value is -2.33. The molecule has 0 saturated carbocycles. The molecule has 0 radical (unpaired) electrons. The molecule has 0 amide bonds. The lowest BCUT2D eigenvalue weighted by Gasteiger charge is -2.28. The lowest BCUT2D eigenvalue weighted by atomic mass is 10.1. The van der Waals surface area contributed by atoms with Gasteiger partial charge in [-0.3, -0.25) is 4.79 Å². The van der Waals surface area contributed by atoms with Crippen LogP contribution in [0.2, 0.25) is 0 Å². The minimum absolute atomic E-state index is 0.00655. The lowest BCUT2D eigenvalue weighted by molar-refractivity contribution is 0.0519. The van der Waals surface area contributed by atoms with Gasteiger partial charge in [-0.15, -0.1) is 16.4 Å². The number of aromatic nitrogens is 4. The Kier molecular flexibility index (Phi) is 4.68. The predicted molar refractivity (Wildman–Crippen MR) is 105 cm³/mol. The highest BCUT2D eigenvalue weighted by atomic mass is 79.9. The van der Waals surface area contributed by atoms with Gasteiger partial charge in [-0.2, -0.15) is 4.52 Å². The van der Waals surface area contributed by atoms with Gasteiger partial charge in [-0.05, 0) is 41.4 Å². The maximum Gasteiger partial charge on any atom is 0.357 e. The van der Waals surface area contributed by atoms with Crippen LogP contribution >= 0.6 is 27.3 Å². The van der Waals surface area contributed by atoms with Crippen LogP contribution in [0.1, 0.15) is 33.5 Å². The van der Waals surface area contributed by atoms with Gasteiger partial charge < -0.3 is 9.64 Å². The number of thiazole rings is 1. The molecule has 3 aromatic rings. The summed E-state index contributed by atoms with van der Waals surface area (Å²) in [6, 6.07) is 2.93. The van der Waals surface area contributed by atoms with E-state index in [2.05, 4.69) is 35.9 Å². The molecule has 1 aliphatic rings. The van der Waals surface area contributed by atoms with E-state index in [1.54, 1.807) is 24.3 Å². The fourth-order valence-electron chi connectivity index (χ4n) is 3.09. The molecular formula is C17H16BrN5O3S. The quantitative estimate of drug-likeness (QED) is 0.566. The van der Waals surface area contributed by atoms with Crippen molar-refractivity contribution in [2.45, 2.75) is 26.8 Å². The van der Waals surface area contributed by atoms with Gasteiger partial charge in [0, 0.05) is 23.9 Å². The van der Waals surface area contributed by atoms with E-state index in [4.69, 9.17) is 4.74 Å². The second-order valence-corrected chi connectivity index (χ2v) is 8.49. The molecule has 0 saturated heterocycles. The Morgan fingerprint density at radius 2 is 2.19 bits per heavy atom. The molecule has 0 aliphatic carbocycles. The molecule has 0 fully saturated rings. The molecule has 4 heterocycles. The minimum atomic E-state index is -0.613. The van der Waals surface area contributed by atoms with Crippen molar-refractivity contribution < 1.29 is 9.53 Å². The summed E-state index contributed by atoms with van der Waals surface area (Å²) in [5, 5.41) is 4.51. The molecular weight excluding hydrogens is 434 g/mol. The average Bonchev–Trinajstić information content (AvgIpc) is 3.00. The number of aryl methyl sites for hydroxylation is 1. The number of esters is 1. The number of anilines is 1. The second kappa shape index (κ2) is 7.01. The van der Waals surface area contributed by atoms with Crippen molar-refractivity contribution in [1.82, 2.24) is 19.6 Å². The summed E-state index contributed by atoms with van der Waals surface area (Å²) in [4.78, 5) is 36.4. The first kappa shape index (κ1) is 18.1. The van der Waals surface area contributed by atoms with Gasteiger partial charge in [0.2, 0.25) is 0 Å². The third-order valence-corrected chi connectivity index (χ3v) is 5.84. The van der Waals surface area contributed by atoms with Crippen molar-refractivity contribution in [2.75, 3.05) is 18.1 Å². The zero-order valence-electron chi connectivity index (χ0n) is 14.7. The van der Waals surface area contributed by atoms with E-state index in [0.717, 1.165) is 40.0 Å². The second-order valence-electron chi connectivity index (χ2n) is 6.13. The van der Waals surface area contributed by atoms with E-state index in [9.17, 15) is 9.59 Å². The molecule has 0 N–H and O–H groups in total. The summed E-state index contributed by atoms with van der Waals surface area (Å²) in [6.07, 6.45) is 0.825. The largest absolute Gasteiger partial charge is 0.461 e. The van der Waals surface area contributed by atoms with E-state index in [0.29, 0.717) is 12.2 Å². The minimum Gasteiger partial charge on any atom is -0.461 e. The molecule has 3 aromatic heterocycles. The third kappa shape index (κ3) is 3.34. The van der Waals surface area contributed by atoms with Gasteiger partial charge in [-0.25, -0.2) is 14.8 Å². The molecule has 27 heavy (non-hydrogen) atoms. The number of fused-ring (bicyclic) bond motifs is 2. The Labute approximate surface area is 166 Å². The Bertz CT molecular complexity index is 1110. The zero-order valence-corrected chi connectivity index (χ0v) is 17.1. The Morgan fingerprint density at radius 3 is 2.96 bits per heavy atom. The highest BCUT2D eigenvalue weighted by Crippen LogP contribution is 2.31. The molecule has 8 nitrogen and oxygen atoms in total. The number of rotatable bonds is 3. The molecule has 4 rings (SSSR count). The summed E-state index contributed by atoms with van der Waals surface area (Å²) < 4.78 is 7.03. The highest BCUT2D eigenvalue weighted by Gasteiger charge is 2.23. The van der Waals surface area contributed by atoms with Crippen LogP contribution in [0.25, 0.3) is 5.65 Å². The summed E-state index contributed by atoms with van der Waals surface area (Å²) in [7, 11) is 0. The molecule has 0 aromatic carbocycles. The highest BCUT2D eigenvalue weighted by molar-refractivity contribution is 9.11. The smallest absolute Gasteiger partial charge is 0.357 e. The maximum atomic E-state index is 12.5. The Morgan fingerprint density at radius 1 is 1.37 bits per heavy atom. The number of hydrogen-bond acceptors (Lipinski definition) is 8. The van der Waals surface area contributed by atoms with Crippen LogP contribution in [0.5, 0.6) is 0 Å². The normalized spacial score (nSPS) is 13.7. The zero-order chi connectivity index (χ0) is 19.1. The van der Waals surface area contributed by atoms with E-state index in [1.807, 2.05) is 6.92 Å². The van der Waals surface area contributed by atoms with E-state index in [1.165, 1.54) is 9.39 Å². The first-order valence-corrected chi connectivity index (χ1v) is 10.0. The van der Waals surface area contributed by atoms with Gasteiger partial charge in [0.15, 0.2) is 21.1 Å². The number of nitrogens with zero attached hydrogens (tertiary/aromatic N) is 5. The molecule has 0 bridgehead atoms. The average molecular weight is 450 g/mol. The summed E-state index contributed by atoms with van der Waals surface area (Å²) >= 11 is 5.05. The summed E-state index contributed by atoms with van der Waals surface area (Å²) in [5.74, 6) is 0.114. The molecule has 0 spiro atoms. The van der Waals surface area contributed by atoms with Crippen LogP contribution in [-0.4, -0.2) is 38.7 Å². The van der Waals surface area contributed by atoms with Crippen molar-refractivity contribution in [1.29, 1.82) is 0 Å². The van der Waals surface area contributed by atoms with Gasteiger partial charge in [-0.1, -0.05) is 0 Å². The molecule has 0 atom stereocenters. The number of hydrogen-bond donors (Lipinski definition) is 0. The van der Waals surface area contributed by atoms with Crippen LogP contribution in [0.3, 0.4) is 0 Å². The maximum absolute atomic E-state index is 12.5. The lowest BCUT2D eigenvalue weighted by Crippen LogP contribution is -2.32. The van der Waals surface area contributed by atoms with Crippen LogP contribution < -0.4 is 10.5 Å². The van der Waals surface area contributed by atoms with Gasteiger partial charge in [0.1, 0.15) is 0 Å². The number of halogens is 1. The topological polar surface area (TPSA) is 89.7 Å². The monoisotopic (exact) mass is 449 g/mol. The molecule has 140 valence electrons. The number of ether oxygens (including phenoxy) is 1. The first-order chi connectivity index (χ1) is 13.0. The van der Waals surface area contributed by atoms with Crippen LogP contribution in [0, 0.1) is 6.92 Å². The van der Waals surface area contributed by atoms with Crippen LogP contribution in [-0.2, 0) is 17.7 Å². The molecule has 10 heteroatoms. The van der Waals surface area contributed by atoms with Crippen molar-refractivity contribution in [3.05, 3.63) is 48.2 Å². The standard InChI is InChI=1S/C17H16BrN5O3S/c1-3-26-16(25)11-7-14(24)23-13(19-11)6-9(2)15(21-23)22-5-4-10-12(8-22)27-17(18)20-10/h6-7H,3-5,8H2,1-2H3. The fraction of sp³-hybridized carbons (Fsp3) is 0.353. The first-order valence-electron chi connectivity index (χ1n) is 8.44. The summed E-state index contributed by atoms with van der Waals surface area (Å²) in [6.45, 7) is 5.31. The number of carbonyl (C=O) groups excluding carboxylic acids is 1. The van der Waals surface area contributed by atoms with Crippen molar-refractivity contribution in [2.24, 2.45) is 0 Å². The van der Waals surface area contributed by atoms with Crippen molar-refractivity contribution in [3.63, 3.8) is 0 Å². The van der Waals surface area contributed by atoms with E-state index in [-0.39, 0.29) is 12.3 Å². The van der Waals surface area contributed by atoms with Crippen LogP contribution in [0.15, 0.2) is 20.8 Å². The molecule has 0 unspecified atom stereocenters. The van der Waals surface area contributed by atoms with Gasteiger partial charge in [0.05, 0.1) is 18.8 Å². The summed E-state index contributed by atoms with van der Waals surface area (Å²) in [5.41, 5.74) is 1.90. The molecule has 1 aliphatic heterocycles. The van der Waals surface area contributed by atoms with Crippen LogP contribution in [0.4, 0.5) is 5.82 Å². The predicted octanol–water partition coefficient (Wildman–Crippen LogP) is 2.36. The number of carbonyl (C=O) groups is 1. The van der Waals surface area contributed by atoms with E-state index >= 15 is 0 Å². The Balaban J connectivity index is 1.74. The fourth-order valence-corrected chi connectivity index (χ4v) is 4.73. The third-order valence-electron chi connectivity index (χ3n) is 4.30. The van der Waals surface area contributed by atoms with Crippen molar-refractivity contribution >= 4 is 44.7 Å². The van der Waals surface area contributed by atoms with Crippen molar-refractivity contribution in [3.8, 4) is 0 Å².